The Labute approximate surface area is 128 Å². The van der Waals surface area contributed by atoms with Crippen LogP contribution in [0.5, 0.6) is 11.5 Å². The average Bonchev–Trinajstić information content (AvgIpc) is 2.53. The first-order valence-electron chi connectivity index (χ1n) is 7.79. The Morgan fingerprint density at radius 3 is 2.48 bits per heavy atom. The third-order valence-corrected chi connectivity index (χ3v) is 3.35. The Bertz CT molecular complexity index is 396. The van der Waals surface area contributed by atoms with Gasteiger partial charge in [-0.2, -0.15) is 0 Å². The molecule has 1 atom stereocenters. The maximum atomic E-state index is 5.63. The first-order valence-corrected chi connectivity index (χ1v) is 7.79. The summed E-state index contributed by atoms with van der Waals surface area (Å²) in [5, 5.41) is 3.57. The fourth-order valence-electron chi connectivity index (χ4n) is 2.25. The Hall–Kier alpha value is -1.26. The lowest BCUT2D eigenvalue weighted by Crippen LogP contribution is -2.24. The van der Waals surface area contributed by atoms with Crippen LogP contribution in [0.25, 0.3) is 0 Å². The molecule has 1 unspecified atom stereocenters. The van der Waals surface area contributed by atoms with E-state index in [1.165, 1.54) is 0 Å². The largest absolute Gasteiger partial charge is 0.497 e. The van der Waals surface area contributed by atoms with Gasteiger partial charge in [0.25, 0.3) is 0 Å². The van der Waals surface area contributed by atoms with Gasteiger partial charge in [-0.3, -0.25) is 0 Å². The van der Waals surface area contributed by atoms with Gasteiger partial charge in [0.15, 0.2) is 0 Å². The van der Waals surface area contributed by atoms with Crippen LogP contribution in [-0.2, 0) is 4.74 Å². The van der Waals surface area contributed by atoms with Crippen molar-refractivity contribution in [2.75, 3.05) is 34.0 Å². The average molecular weight is 295 g/mol. The predicted molar refractivity (Wildman–Crippen MR) is 86.3 cm³/mol. The van der Waals surface area contributed by atoms with Crippen molar-refractivity contribution < 1.29 is 14.2 Å². The lowest BCUT2D eigenvalue weighted by Gasteiger charge is -2.22. The summed E-state index contributed by atoms with van der Waals surface area (Å²) in [7, 11) is 3.39. The summed E-state index contributed by atoms with van der Waals surface area (Å²) >= 11 is 0. The molecule has 0 aliphatic carbocycles. The first-order chi connectivity index (χ1) is 10.3. The van der Waals surface area contributed by atoms with Crippen molar-refractivity contribution in [3.05, 3.63) is 23.8 Å². The van der Waals surface area contributed by atoms with E-state index in [4.69, 9.17) is 14.2 Å². The molecule has 1 aromatic rings. The molecule has 4 heteroatoms. The second kappa shape index (κ2) is 10.5. The molecule has 1 rings (SSSR count). The van der Waals surface area contributed by atoms with E-state index < -0.39 is 0 Å². The van der Waals surface area contributed by atoms with E-state index in [1.54, 1.807) is 14.2 Å². The molecule has 0 spiro atoms. The molecule has 4 nitrogen and oxygen atoms in total. The standard InChI is InChI=1S/C17H29NO3/c1-5-10-18-16(9-12-21-11-6-2)15-13-14(19-3)7-8-17(15)20-4/h7-8,13,16,18H,5-6,9-12H2,1-4H3. The van der Waals surface area contributed by atoms with E-state index in [-0.39, 0.29) is 6.04 Å². The van der Waals surface area contributed by atoms with Crippen LogP contribution in [-0.4, -0.2) is 34.0 Å². The molecular formula is C17H29NO3. The minimum Gasteiger partial charge on any atom is -0.497 e. The molecule has 0 aromatic heterocycles. The van der Waals surface area contributed by atoms with Gasteiger partial charge in [-0.1, -0.05) is 13.8 Å². The third kappa shape index (κ3) is 5.94. The molecule has 0 heterocycles. The summed E-state index contributed by atoms with van der Waals surface area (Å²) in [6, 6.07) is 6.15. The van der Waals surface area contributed by atoms with E-state index in [0.717, 1.165) is 56.1 Å². The van der Waals surface area contributed by atoms with Crippen molar-refractivity contribution in [2.45, 2.75) is 39.2 Å². The van der Waals surface area contributed by atoms with Crippen LogP contribution in [0.4, 0.5) is 0 Å². The number of hydrogen-bond donors (Lipinski definition) is 1. The van der Waals surface area contributed by atoms with Crippen LogP contribution < -0.4 is 14.8 Å². The number of nitrogens with one attached hydrogen (secondary N) is 1. The maximum Gasteiger partial charge on any atom is 0.123 e. The maximum absolute atomic E-state index is 5.63. The van der Waals surface area contributed by atoms with Crippen molar-refractivity contribution in [3.8, 4) is 11.5 Å². The molecule has 120 valence electrons. The first kappa shape index (κ1) is 17.8. The quantitative estimate of drug-likeness (QED) is 0.634. The fraction of sp³-hybridized carbons (Fsp3) is 0.647. The smallest absolute Gasteiger partial charge is 0.123 e. The van der Waals surface area contributed by atoms with Gasteiger partial charge in [-0.25, -0.2) is 0 Å². The Balaban J connectivity index is 2.83. The van der Waals surface area contributed by atoms with Crippen molar-refractivity contribution in [1.29, 1.82) is 0 Å². The lowest BCUT2D eigenvalue weighted by atomic mass is 10.0. The molecule has 1 aromatic carbocycles. The molecule has 0 fully saturated rings. The van der Waals surface area contributed by atoms with E-state index in [2.05, 4.69) is 19.2 Å². The molecule has 21 heavy (non-hydrogen) atoms. The second-order valence-electron chi connectivity index (χ2n) is 5.02. The molecule has 1 N–H and O–H groups in total. The van der Waals surface area contributed by atoms with Gasteiger partial charge in [-0.05, 0) is 44.0 Å². The molecule has 0 saturated heterocycles. The van der Waals surface area contributed by atoms with Gasteiger partial charge in [0.1, 0.15) is 11.5 Å². The Morgan fingerprint density at radius 1 is 1.05 bits per heavy atom. The van der Waals surface area contributed by atoms with Gasteiger partial charge < -0.3 is 19.5 Å². The highest BCUT2D eigenvalue weighted by Gasteiger charge is 2.16. The topological polar surface area (TPSA) is 39.7 Å². The minimum absolute atomic E-state index is 0.215. The summed E-state index contributed by atoms with van der Waals surface area (Å²) in [6.07, 6.45) is 3.07. The molecule has 0 aliphatic rings. The summed E-state index contributed by atoms with van der Waals surface area (Å²) in [4.78, 5) is 0. The zero-order valence-corrected chi connectivity index (χ0v) is 13.8. The normalized spacial score (nSPS) is 12.2. The van der Waals surface area contributed by atoms with Crippen LogP contribution in [0.3, 0.4) is 0 Å². The van der Waals surface area contributed by atoms with Gasteiger partial charge in [0.05, 0.1) is 14.2 Å². The Morgan fingerprint density at radius 2 is 1.86 bits per heavy atom. The fourth-order valence-corrected chi connectivity index (χ4v) is 2.25. The summed E-state index contributed by atoms with van der Waals surface area (Å²) < 4.78 is 16.5. The molecule has 0 saturated carbocycles. The van der Waals surface area contributed by atoms with Crippen LogP contribution in [0.2, 0.25) is 0 Å². The minimum atomic E-state index is 0.215. The molecule has 0 radical (unpaired) electrons. The Kier molecular flexibility index (Phi) is 8.87. The van der Waals surface area contributed by atoms with E-state index >= 15 is 0 Å². The number of rotatable bonds is 11. The summed E-state index contributed by atoms with van der Waals surface area (Å²) in [5.74, 6) is 1.74. The van der Waals surface area contributed by atoms with Crippen LogP contribution in [0.15, 0.2) is 18.2 Å². The van der Waals surface area contributed by atoms with Crippen LogP contribution in [0.1, 0.15) is 44.7 Å². The monoisotopic (exact) mass is 295 g/mol. The van der Waals surface area contributed by atoms with Gasteiger partial charge >= 0.3 is 0 Å². The molecule has 0 amide bonds. The second-order valence-corrected chi connectivity index (χ2v) is 5.02. The number of methoxy groups -OCH3 is 2. The van der Waals surface area contributed by atoms with Gasteiger partial charge in [-0.15, -0.1) is 0 Å². The van der Waals surface area contributed by atoms with Crippen molar-refractivity contribution in [3.63, 3.8) is 0 Å². The summed E-state index contributed by atoms with van der Waals surface area (Å²) in [6.45, 7) is 6.82. The van der Waals surface area contributed by atoms with E-state index in [9.17, 15) is 0 Å². The van der Waals surface area contributed by atoms with Crippen molar-refractivity contribution in [2.24, 2.45) is 0 Å². The number of ether oxygens (including phenoxy) is 3. The van der Waals surface area contributed by atoms with Gasteiger partial charge in [0.2, 0.25) is 0 Å². The van der Waals surface area contributed by atoms with E-state index in [1.807, 2.05) is 18.2 Å². The summed E-state index contributed by atoms with van der Waals surface area (Å²) in [5.41, 5.74) is 1.13. The zero-order chi connectivity index (χ0) is 15.5. The highest BCUT2D eigenvalue weighted by atomic mass is 16.5. The predicted octanol–water partition coefficient (Wildman–Crippen LogP) is 3.56. The van der Waals surface area contributed by atoms with Gasteiger partial charge in [0, 0.05) is 24.8 Å². The molecule has 0 aliphatic heterocycles. The SMILES string of the molecule is CCCNC(CCOCCC)c1cc(OC)ccc1OC. The van der Waals surface area contributed by atoms with Crippen molar-refractivity contribution in [1.82, 2.24) is 5.32 Å². The molecular weight excluding hydrogens is 266 g/mol. The highest BCUT2D eigenvalue weighted by molar-refractivity contribution is 5.42. The lowest BCUT2D eigenvalue weighted by molar-refractivity contribution is 0.124. The number of benzene rings is 1. The van der Waals surface area contributed by atoms with E-state index in [0.29, 0.717) is 0 Å². The zero-order valence-electron chi connectivity index (χ0n) is 13.8. The van der Waals surface area contributed by atoms with Crippen LogP contribution >= 0.6 is 0 Å². The number of hydrogen-bond acceptors (Lipinski definition) is 4. The van der Waals surface area contributed by atoms with Crippen LogP contribution in [0, 0.1) is 0 Å². The highest BCUT2D eigenvalue weighted by Crippen LogP contribution is 2.31. The molecule has 0 bridgehead atoms. The van der Waals surface area contributed by atoms with Crippen molar-refractivity contribution >= 4 is 0 Å². The third-order valence-electron chi connectivity index (χ3n) is 3.35.